The topological polar surface area (TPSA) is 46.2 Å². The van der Waals surface area contributed by atoms with Gasteiger partial charge in [0.15, 0.2) is 0 Å². The molecule has 1 aromatic carbocycles. The van der Waals surface area contributed by atoms with Crippen LogP contribution in [-0.4, -0.2) is 10.6 Å². The van der Waals surface area contributed by atoms with Crippen molar-refractivity contribution in [1.29, 1.82) is 0 Å². The third-order valence-corrected chi connectivity index (χ3v) is 2.88. The number of hydrogen-bond donors (Lipinski definition) is 2. The molecule has 0 radical (unpaired) electrons. The molecule has 0 aliphatic rings. The average Bonchev–Trinajstić information content (AvgIpc) is 2.02. The molecule has 1 rings (SSSR count). The molecule has 2 nitrogen and oxygen atoms in total. The Labute approximate surface area is 89.7 Å². The van der Waals surface area contributed by atoms with Gasteiger partial charge in [0.2, 0.25) is 0 Å². The van der Waals surface area contributed by atoms with E-state index in [2.05, 4.69) is 0 Å². The molecule has 0 aliphatic carbocycles. The van der Waals surface area contributed by atoms with Gasteiger partial charge in [-0.05, 0) is 38.5 Å². The lowest BCUT2D eigenvalue weighted by Gasteiger charge is -2.37. The van der Waals surface area contributed by atoms with Crippen molar-refractivity contribution in [3.05, 3.63) is 34.9 Å². The predicted octanol–water partition coefficient (Wildman–Crippen LogP) is 2.28. The number of rotatable bonds is 2. The quantitative estimate of drug-likeness (QED) is 0.792. The Morgan fingerprint density at radius 3 is 2.29 bits per heavy atom. The third kappa shape index (κ3) is 2.08. The first kappa shape index (κ1) is 11.5. The standard InChI is InChI=1S/C11H16ClNO/c1-10(2,13)11(3,14)8-5-4-6-9(12)7-8/h4-7,14H,13H2,1-3H3. The minimum atomic E-state index is -1.09. The van der Waals surface area contributed by atoms with Crippen molar-refractivity contribution >= 4 is 11.6 Å². The monoisotopic (exact) mass is 213 g/mol. The summed E-state index contributed by atoms with van der Waals surface area (Å²) in [6.07, 6.45) is 0. The maximum absolute atomic E-state index is 10.3. The number of benzene rings is 1. The van der Waals surface area contributed by atoms with Gasteiger partial charge in [-0.1, -0.05) is 23.7 Å². The van der Waals surface area contributed by atoms with Crippen LogP contribution in [-0.2, 0) is 5.60 Å². The normalized spacial score (nSPS) is 16.4. The van der Waals surface area contributed by atoms with Gasteiger partial charge in [-0.2, -0.15) is 0 Å². The van der Waals surface area contributed by atoms with E-state index >= 15 is 0 Å². The molecule has 1 unspecified atom stereocenters. The second-order valence-electron chi connectivity index (χ2n) is 4.30. The highest BCUT2D eigenvalue weighted by atomic mass is 35.5. The summed E-state index contributed by atoms with van der Waals surface area (Å²) in [6, 6.07) is 7.12. The fraction of sp³-hybridized carbons (Fsp3) is 0.455. The van der Waals surface area contributed by atoms with Crippen LogP contribution < -0.4 is 5.73 Å². The van der Waals surface area contributed by atoms with Crippen LogP contribution in [0.3, 0.4) is 0 Å². The number of nitrogens with two attached hydrogens (primary N) is 1. The van der Waals surface area contributed by atoms with Crippen LogP contribution in [0.15, 0.2) is 24.3 Å². The van der Waals surface area contributed by atoms with Gasteiger partial charge in [0, 0.05) is 10.6 Å². The summed E-state index contributed by atoms with van der Waals surface area (Å²) in [7, 11) is 0. The minimum Gasteiger partial charge on any atom is -0.384 e. The van der Waals surface area contributed by atoms with Gasteiger partial charge in [0.25, 0.3) is 0 Å². The Balaban J connectivity index is 3.16. The van der Waals surface area contributed by atoms with E-state index in [1.165, 1.54) is 0 Å². The number of halogens is 1. The third-order valence-electron chi connectivity index (χ3n) is 2.64. The lowest BCUT2D eigenvalue weighted by Crippen LogP contribution is -2.52. The van der Waals surface area contributed by atoms with Crippen LogP contribution in [0.5, 0.6) is 0 Å². The first-order valence-electron chi connectivity index (χ1n) is 4.52. The smallest absolute Gasteiger partial charge is 0.104 e. The first-order chi connectivity index (χ1) is 6.25. The zero-order valence-electron chi connectivity index (χ0n) is 8.71. The van der Waals surface area contributed by atoms with E-state index < -0.39 is 11.1 Å². The Morgan fingerprint density at radius 1 is 1.29 bits per heavy atom. The molecule has 1 atom stereocenters. The zero-order valence-corrected chi connectivity index (χ0v) is 9.47. The lowest BCUT2D eigenvalue weighted by molar-refractivity contribution is -0.00868. The van der Waals surface area contributed by atoms with Crippen molar-refractivity contribution in [1.82, 2.24) is 0 Å². The Hall–Kier alpha value is -0.570. The molecule has 78 valence electrons. The predicted molar refractivity (Wildman–Crippen MR) is 59.3 cm³/mol. The van der Waals surface area contributed by atoms with Crippen LogP contribution in [0.4, 0.5) is 0 Å². The summed E-state index contributed by atoms with van der Waals surface area (Å²) < 4.78 is 0. The summed E-state index contributed by atoms with van der Waals surface area (Å²) >= 11 is 5.85. The second kappa shape index (κ2) is 3.54. The van der Waals surface area contributed by atoms with Gasteiger partial charge in [-0.15, -0.1) is 0 Å². The lowest BCUT2D eigenvalue weighted by atomic mass is 9.80. The van der Waals surface area contributed by atoms with Gasteiger partial charge in [-0.25, -0.2) is 0 Å². The summed E-state index contributed by atoms with van der Waals surface area (Å²) in [5, 5.41) is 10.9. The molecular formula is C11H16ClNO. The van der Waals surface area contributed by atoms with E-state index in [4.69, 9.17) is 17.3 Å². The molecule has 0 amide bonds. The van der Waals surface area contributed by atoms with E-state index in [9.17, 15) is 5.11 Å². The van der Waals surface area contributed by atoms with Gasteiger partial charge in [-0.3, -0.25) is 0 Å². The molecule has 0 spiro atoms. The fourth-order valence-electron chi connectivity index (χ4n) is 1.16. The molecule has 14 heavy (non-hydrogen) atoms. The van der Waals surface area contributed by atoms with Gasteiger partial charge in [0.05, 0.1) is 0 Å². The van der Waals surface area contributed by atoms with Crippen LogP contribution in [0.25, 0.3) is 0 Å². The van der Waals surface area contributed by atoms with Crippen molar-refractivity contribution in [3.8, 4) is 0 Å². The van der Waals surface area contributed by atoms with E-state index in [1.807, 2.05) is 6.07 Å². The molecule has 0 aromatic heterocycles. The van der Waals surface area contributed by atoms with Gasteiger partial charge in [0.1, 0.15) is 5.60 Å². The largest absolute Gasteiger partial charge is 0.384 e. The Morgan fingerprint density at radius 2 is 1.86 bits per heavy atom. The molecule has 0 saturated carbocycles. The zero-order chi connectivity index (χ0) is 11.0. The maximum Gasteiger partial charge on any atom is 0.104 e. The van der Waals surface area contributed by atoms with Crippen molar-refractivity contribution < 1.29 is 5.11 Å². The number of hydrogen-bond acceptors (Lipinski definition) is 2. The summed E-state index contributed by atoms with van der Waals surface area (Å²) in [5.41, 5.74) is 4.84. The summed E-state index contributed by atoms with van der Waals surface area (Å²) in [4.78, 5) is 0. The van der Waals surface area contributed by atoms with Crippen molar-refractivity contribution in [2.24, 2.45) is 5.73 Å². The molecule has 0 fully saturated rings. The highest BCUT2D eigenvalue weighted by molar-refractivity contribution is 6.30. The van der Waals surface area contributed by atoms with Crippen LogP contribution in [0.2, 0.25) is 5.02 Å². The molecule has 0 aliphatic heterocycles. The van der Waals surface area contributed by atoms with Crippen LogP contribution in [0, 0.1) is 0 Å². The van der Waals surface area contributed by atoms with E-state index in [0.717, 1.165) is 5.56 Å². The van der Waals surface area contributed by atoms with Crippen molar-refractivity contribution in [3.63, 3.8) is 0 Å². The highest BCUT2D eigenvalue weighted by Crippen LogP contribution is 2.31. The molecule has 0 saturated heterocycles. The SMILES string of the molecule is CC(C)(N)C(C)(O)c1cccc(Cl)c1. The fourth-order valence-corrected chi connectivity index (χ4v) is 1.35. The Bertz CT molecular complexity index is 328. The summed E-state index contributed by atoms with van der Waals surface area (Å²) in [5.74, 6) is 0. The molecule has 0 heterocycles. The molecule has 3 heteroatoms. The molecule has 3 N–H and O–H groups in total. The van der Waals surface area contributed by atoms with Gasteiger partial charge >= 0.3 is 0 Å². The van der Waals surface area contributed by atoms with Crippen molar-refractivity contribution in [2.75, 3.05) is 0 Å². The van der Waals surface area contributed by atoms with Crippen LogP contribution in [0.1, 0.15) is 26.3 Å². The molecule has 0 bridgehead atoms. The van der Waals surface area contributed by atoms with Gasteiger partial charge < -0.3 is 10.8 Å². The van der Waals surface area contributed by atoms with E-state index in [1.54, 1.807) is 39.0 Å². The average molecular weight is 214 g/mol. The number of aliphatic hydroxyl groups is 1. The highest BCUT2D eigenvalue weighted by Gasteiger charge is 2.37. The van der Waals surface area contributed by atoms with E-state index in [0.29, 0.717) is 5.02 Å². The Kier molecular flexibility index (Phi) is 2.91. The maximum atomic E-state index is 10.3. The van der Waals surface area contributed by atoms with Crippen LogP contribution >= 0.6 is 11.6 Å². The minimum absolute atomic E-state index is 0.604. The molecular weight excluding hydrogens is 198 g/mol. The molecule has 1 aromatic rings. The van der Waals surface area contributed by atoms with E-state index in [-0.39, 0.29) is 0 Å². The second-order valence-corrected chi connectivity index (χ2v) is 4.74. The summed E-state index contributed by atoms with van der Waals surface area (Å²) in [6.45, 7) is 5.26. The first-order valence-corrected chi connectivity index (χ1v) is 4.90. The van der Waals surface area contributed by atoms with Crippen molar-refractivity contribution in [2.45, 2.75) is 31.9 Å².